The second-order valence-electron chi connectivity index (χ2n) is 7.19. The van der Waals surface area contributed by atoms with Crippen molar-refractivity contribution >= 4 is 33.4 Å². The Balaban J connectivity index is 1.41. The van der Waals surface area contributed by atoms with E-state index in [0.29, 0.717) is 17.5 Å². The molecule has 0 spiro atoms. The summed E-state index contributed by atoms with van der Waals surface area (Å²) in [5, 5.41) is 10.1. The monoisotopic (exact) mass is 363 g/mol. The third-order valence-corrected chi connectivity index (χ3v) is 6.42. The minimum absolute atomic E-state index is 0.0626. The van der Waals surface area contributed by atoms with Crippen molar-refractivity contribution in [3.8, 4) is 0 Å². The number of aromatic nitrogens is 2. The number of hydrogen-bond acceptors (Lipinski definition) is 6. The summed E-state index contributed by atoms with van der Waals surface area (Å²) in [6, 6.07) is 0. The lowest BCUT2D eigenvalue weighted by Gasteiger charge is -2.36. The minimum Gasteiger partial charge on any atom is -0.346 e. The number of rotatable bonds is 3. The van der Waals surface area contributed by atoms with Gasteiger partial charge in [0.05, 0.1) is 5.92 Å². The highest BCUT2D eigenvalue weighted by molar-refractivity contribution is 7.19. The van der Waals surface area contributed by atoms with E-state index in [0.717, 1.165) is 70.0 Å². The van der Waals surface area contributed by atoms with Crippen molar-refractivity contribution < 1.29 is 9.59 Å². The Morgan fingerprint density at radius 1 is 0.960 bits per heavy atom. The fourth-order valence-electron chi connectivity index (χ4n) is 4.02. The zero-order chi connectivity index (χ0) is 17.2. The van der Waals surface area contributed by atoms with Gasteiger partial charge in [0.15, 0.2) is 0 Å². The van der Waals surface area contributed by atoms with Gasteiger partial charge in [0.2, 0.25) is 22.1 Å². The van der Waals surface area contributed by atoms with Crippen LogP contribution >= 0.6 is 11.3 Å². The van der Waals surface area contributed by atoms with E-state index in [-0.39, 0.29) is 11.8 Å². The van der Waals surface area contributed by atoms with Crippen LogP contribution in [0.3, 0.4) is 0 Å². The summed E-state index contributed by atoms with van der Waals surface area (Å²) in [6.45, 7) is 4.19. The van der Waals surface area contributed by atoms with Gasteiger partial charge in [-0.1, -0.05) is 11.3 Å². The molecule has 1 aromatic heterocycles. The summed E-state index contributed by atoms with van der Waals surface area (Å²) in [5.74, 6) is 0.510. The molecular weight excluding hydrogens is 338 g/mol. The van der Waals surface area contributed by atoms with E-state index in [4.69, 9.17) is 0 Å². The summed E-state index contributed by atoms with van der Waals surface area (Å²) in [6.07, 6.45) is 6.96. The molecule has 3 aliphatic rings. The number of nitrogens with zero attached hydrogens (tertiary/aromatic N) is 5. The fraction of sp³-hybridized carbons (Fsp3) is 0.765. The van der Waals surface area contributed by atoms with Crippen LogP contribution < -0.4 is 9.80 Å². The number of hydrogen-bond donors (Lipinski definition) is 0. The number of likely N-dealkylation sites (tertiary alicyclic amines) is 1. The molecule has 7 nitrogen and oxygen atoms in total. The molecule has 8 heteroatoms. The molecule has 0 bridgehead atoms. The molecule has 1 atom stereocenters. The minimum atomic E-state index is 0.0626. The Morgan fingerprint density at radius 3 is 2.52 bits per heavy atom. The summed E-state index contributed by atoms with van der Waals surface area (Å²) in [5.41, 5.74) is 0. The predicted molar refractivity (Wildman–Crippen MR) is 96.9 cm³/mol. The Morgan fingerprint density at radius 2 is 1.76 bits per heavy atom. The van der Waals surface area contributed by atoms with E-state index < -0.39 is 0 Å². The zero-order valence-electron chi connectivity index (χ0n) is 14.5. The van der Waals surface area contributed by atoms with Crippen molar-refractivity contribution in [2.45, 2.75) is 44.9 Å². The largest absolute Gasteiger partial charge is 0.346 e. The first kappa shape index (κ1) is 16.8. The molecule has 0 saturated carbocycles. The van der Waals surface area contributed by atoms with Crippen molar-refractivity contribution in [2.75, 3.05) is 42.5 Å². The van der Waals surface area contributed by atoms with E-state index in [2.05, 4.69) is 15.1 Å². The second kappa shape index (κ2) is 7.27. The molecule has 3 aliphatic heterocycles. The molecular formula is C17H25N5O2S. The smallest absolute Gasteiger partial charge is 0.228 e. The van der Waals surface area contributed by atoms with Gasteiger partial charge in [0.25, 0.3) is 0 Å². The van der Waals surface area contributed by atoms with Gasteiger partial charge in [0.1, 0.15) is 0 Å². The quantitative estimate of drug-likeness (QED) is 0.820. The number of anilines is 2. The van der Waals surface area contributed by atoms with Gasteiger partial charge >= 0.3 is 0 Å². The molecule has 0 N–H and O–H groups in total. The molecule has 0 aliphatic carbocycles. The van der Waals surface area contributed by atoms with Gasteiger partial charge in [0, 0.05) is 39.1 Å². The highest BCUT2D eigenvalue weighted by atomic mass is 32.1. The first-order valence-electron chi connectivity index (χ1n) is 9.40. The van der Waals surface area contributed by atoms with Crippen molar-refractivity contribution in [3.05, 3.63) is 0 Å². The average Bonchev–Trinajstić information content (AvgIpc) is 3.31. The molecule has 4 rings (SSSR count). The van der Waals surface area contributed by atoms with Crippen LogP contribution in [0.15, 0.2) is 0 Å². The van der Waals surface area contributed by atoms with E-state index >= 15 is 0 Å². The van der Waals surface area contributed by atoms with Crippen LogP contribution in [-0.2, 0) is 9.59 Å². The molecule has 0 radical (unpaired) electrons. The van der Waals surface area contributed by atoms with Crippen molar-refractivity contribution in [1.29, 1.82) is 0 Å². The van der Waals surface area contributed by atoms with Crippen LogP contribution in [0.25, 0.3) is 0 Å². The molecule has 3 fully saturated rings. The SMILES string of the molecule is O=C(C1CCCN(c2nnc(N3CCCC3=O)s2)C1)N1CCCCC1. The van der Waals surface area contributed by atoms with Crippen molar-refractivity contribution in [2.24, 2.45) is 5.92 Å². The molecule has 136 valence electrons. The van der Waals surface area contributed by atoms with Gasteiger partial charge in [-0.15, -0.1) is 10.2 Å². The van der Waals surface area contributed by atoms with Crippen LogP contribution in [0, 0.1) is 5.92 Å². The Bertz CT molecular complexity index is 643. The van der Waals surface area contributed by atoms with Gasteiger partial charge in [-0.2, -0.15) is 0 Å². The molecule has 4 heterocycles. The molecule has 1 aromatic rings. The predicted octanol–water partition coefficient (Wildman–Crippen LogP) is 1.89. The first-order chi connectivity index (χ1) is 12.2. The molecule has 25 heavy (non-hydrogen) atoms. The lowest BCUT2D eigenvalue weighted by Crippen LogP contribution is -2.46. The van der Waals surface area contributed by atoms with E-state index in [1.165, 1.54) is 17.8 Å². The topological polar surface area (TPSA) is 69.6 Å². The summed E-state index contributed by atoms with van der Waals surface area (Å²) in [4.78, 5) is 30.6. The average molecular weight is 363 g/mol. The second-order valence-corrected chi connectivity index (χ2v) is 8.12. The van der Waals surface area contributed by atoms with Gasteiger partial charge < -0.3 is 9.80 Å². The van der Waals surface area contributed by atoms with Crippen LogP contribution in [0.2, 0.25) is 0 Å². The van der Waals surface area contributed by atoms with Crippen LogP contribution in [0.5, 0.6) is 0 Å². The number of carbonyl (C=O) groups excluding carboxylic acids is 2. The molecule has 2 amide bonds. The van der Waals surface area contributed by atoms with Gasteiger partial charge in [-0.25, -0.2) is 0 Å². The summed E-state index contributed by atoms with van der Waals surface area (Å²) >= 11 is 1.47. The zero-order valence-corrected chi connectivity index (χ0v) is 15.3. The van der Waals surface area contributed by atoms with Crippen molar-refractivity contribution in [1.82, 2.24) is 15.1 Å². The molecule has 3 saturated heterocycles. The first-order valence-corrected chi connectivity index (χ1v) is 10.2. The highest BCUT2D eigenvalue weighted by Crippen LogP contribution is 2.32. The third-order valence-electron chi connectivity index (χ3n) is 5.42. The maximum absolute atomic E-state index is 12.8. The Kier molecular flexibility index (Phi) is 4.87. The Hall–Kier alpha value is -1.70. The lowest BCUT2D eigenvalue weighted by molar-refractivity contribution is -0.136. The van der Waals surface area contributed by atoms with Crippen LogP contribution in [0.4, 0.5) is 10.3 Å². The Labute approximate surface area is 152 Å². The van der Waals surface area contributed by atoms with E-state index in [1.54, 1.807) is 4.90 Å². The number of piperidine rings is 2. The maximum atomic E-state index is 12.8. The van der Waals surface area contributed by atoms with Crippen LogP contribution in [0.1, 0.15) is 44.9 Å². The van der Waals surface area contributed by atoms with E-state index in [9.17, 15) is 9.59 Å². The molecule has 1 unspecified atom stereocenters. The summed E-state index contributed by atoms with van der Waals surface area (Å²) in [7, 11) is 0. The number of amides is 2. The standard InChI is InChI=1S/C17H25N5O2S/c23-14-7-5-11-22(14)17-19-18-16(25-17)21-10-4-6-13(12-21)15(24)20-8-2-1-3-9-20/h13H,1-12H2. The highest BCUT2D eigenvalue weighted by Gasteiger charge is 2.32. The maximum Gasteiger partial charge on any atom is 0.228 e. The fourth-order valence-corrected chi connectivity index (χ4v) is 4.95. The normalized spacial score (nSPS) is 24.9. The number of carbonyl (C=O) groups is 2. The van der Waals surface area contributed by atoms with Gasteiger partial charge in [-0.3, -0.25) is 14.5 Å². The van der Waals surface area contributed by atoms with Gasteiger partial charge in [-0.05, 0) is 38.5 Å². The van der Waals surface area contributed by atoms with Crippen molar-refractivity contribution in [3.63, 3.8) is 0 Å². The van der Waals surface area contributed by atoms with E-state index in [1.807, 2.05) is 4.90 Å². The third kappa shape index (κ3) is 3.49. The summed E-state index contributed by atoms with van der Waals surface area (Å²) < 4.78 is 0. The van der Waals surface area contributed by atoms with Crippen LogP contribution in [-0.4, -0.2) is 59.6 Å². The molecule has 0 aromatic carbocycles. The lowest BCUT2D eigenvalue weighted by atomic mass is 9.96.